The minimum absolute atomic E-state index is 0.254. The van der Waals surface area contributed by atoms with E-state index in [4.69, 9.17) is 0 Å². The molecule has 0 radical (unpaired) electrons. The summed E-state index contributed by atoms with van der Waals surface area (Å²) in [6.45, 7) is 4.05. The van der Waals surface area contributed by atoms with Gasteiger partial charge in [0.2, 0.25) is 5.91 Å². The Hall–Kier alpha value is -2.57. The van der Waals surface area contributed by atoms with Crippen molar-refractivity contribution in [3.63, 3.8) is 0 Å². The second-order valence-electron chi connectivity index (χ2n) is 9.08. The van der Waals surface area contributed by atoms with Crippen LogP contribution < -0.4 is 15.5 Å². The van der Waals surface area contributed by atoms with E-state index in [0.29, 0.717) is 24.4 Å². The highest BCUT2D eigenvalue weighted by Crippen LogP contribution is 2.36. The van der Waals surface area contributed by atoms with Crippen LogP contribution in [0.25, 0.3) is 0 Å². The van der Waals surface area contributed by atoms with Gasteiger partial charge in [-0.15, -0.1) is 0 Å². The van der Waals surface area contributed by atoms with E-state index in [2.05, 4.69) is 22.5 Å². The number of hydrogen-bond acceptors (Lipinski definition) is 4. The molecule has 2 aliphatic heterocycles. The van der Waals surface area contributed by atoms with Crippen LogP contribution >= 0.6 is 0 Å². The number of benzene rings is 1. The van der Waals surface area contributed by atoms with Crippen LogP contribution in [0.5, 0.6) is 0 Å². The van der Waals surface area contributed by atoms with Gasteiger partial charge in [0.25, 0.3) is 5.91 Å². The van der Waals surface area contributed by atoms with Crippen LogP contribution in [0.4, 0.5) is 16.2 Å². The third-order valence-electron chi connectivity index (χ3n) is 6.80. The number of hydrogen-bond donors (Lipinski definition) is 2. The Morgan fingerprint density at radius 2 is 1.70 bits per heavy atom. The highest BCUT2D eigenvalue weighted by atomic mass is 16.2. The summed E-state index contributed by atoms with van der Waals surface area (Å²) in [7, 11) is 0. The van der Waals surface area contributed by atoms with Crippen molar-refractivity contribution in [1.29, 1.82) is 0 Å². The van der Waals surface area contributed by atoms with E-state index in [9.17, 15) is 14.4 Å². The summed E-state index contributed by atoms with van der Waals surface area (Å²) >= 11 is 0. The number of nitrogens with one attached hydrogen (secondary N) is 2. The fourth-order valence-corrected chi connectivity index (χ4v) is 4.84. The Labute approximate surface area is 178 Å². The van der Waals surface area contributed by atoms with Crippen molar-refractivity contribution >= 4 is 29.2 Å². The molecule has 0 aromatic heterocycles. The Kier molecular flexibility index (Phi) is 5.97. The van der Waals surface area contributed by atoms with Gasteiger partial charge in [-0.3, -0.25) is 14.5 Å². The van der Waals surface area contributed by atoms with Crippen LogP contribution in [0, 0.1) is 5.92 Å². The van der Waals surface area contributed by atoms with E-state index in [1.807, 2.05) is 24.3 Å². The first kappa shape index (κ1) is 20.7. The van der Waals surface area contributed by atoms with E-state index >= 15 is 0 Å². The van der Waals surface area contributed by atoms with Crippen LogP contribution in [0.2, 0.25) is 0 Å². The number of amides is 4. The third kappa shape index (κ3) is 4.30. The van der Waals surface area contributed by atoms with E-state index in [0.717, 1.165) is 36.5 Å². The van der Waals surface area contributed by atoms with Gasteiger partial charge < -0.3 is 15.5 Å². The smallest absolute Gasteiger partial charge is 0.325 e. The lowest BCUT2D eigenvalue weighted by Gasteiger charge is -2.33. The van der Waals surface area contributed by atoms with Crippen molar-refractivity contribution in [2.24, 2.45) is 5.92 Å². The molecule has 2 N–H and O–H groups in total. The van der Waals surface area contributed by atoms with Gasteiger partial charge >= 0.3 is 6.03 Å². The summed E-state index contributed by atoms with van der Waals surface area (Å²) in [4.78, 5) is 41.2. The lowest BCUT2D eigenvalue weighted by molar-refractivity contribution is -0.135. The SMILES string of the molecule is CC1CCC2(CC1)NC(=O)N(CC(=O)Nc1ccc(N3CCCCCC3)cc1)C2=O. The first-order valence-corrected chi connectivity index (χ1v) is 11.3. The molecule has 1 spiro atoms. The first-order chi connectivity index (χ1) is 14.5. The molecule has 1 aromatic carbocycles. The van der Waals surface area contributed by atoms with Crippen molar-refractivity contribution in [2.45, 2.75) is 63.8 Å². The summed E-state index contributed by atoms with van der Waals surface area (Å²) in [6.07, 6.45) is 8.12. The third-order valence-corrected chi connectivity index (χ3v) is 6.80. The van der Waals surface area contributed by atoms with Crippen LogP contribution in [0.3, 0.4) is 0 Å². The maximum Gasteiger partial charge on any atom is 0.325 e. The number of carbonyl (C=O) groups is 3. The predicted octanol–water partition coefficient (Wildman–Crippen LogP) is 3.51. The largest absolute Gasteiger partial charge is 0.372 e. The van der Waals surface area contributed by atoms with Crippen LogP contribution in [0.1, 0.15) is 58.3 Å². The maximum atomic E-state index is 12.9. The number of urea groups is 1. The average molecular weight is 413 g/mol. The zero-order valence-electron chi connectivity index (χ0n) is 17.8. The second kappa shape index (κ2) is 8.66. The van der Waals surface area contributed by atoms with Crippen molar-refractivity contribution in [3.8, 4) is 0 Å². The fourth-order valence-electron chi connectivity index (χ4n) is 4.84. The highest BCUT2D eigenvalue weighted by molar-refractivity contribution is 6.10. The Morgan fingerprint density at radius 3 is 2.33 bits per heavy atom. The molecule has 162 valence electrons. The molecule has 2 heterocycles. The fraction of sp³-hybridized carbons (Fsp3) is 0.609. The number of anilines is 2. The normalized spacial score (nSPS) is 27.2. The van der Waals surface area contributed by atoms with Gasteiger partial charge in [0.1, 0.15) is 12.1 Å². The second-order valence-corrected chi connectivity index (χ2v) is 9.08. The van der Waals surface area contributed by atoms with Crippen LogP contribution in [0.15, 0.2) is 24.3 Å². The zero-order valence-corrected chi connectivity index (χ0v) is 17.8. The molecular weight excluding hydrogens is 380 g/mol. The summed E-state index contributed by atoms with van der Waals surface area (Å²) in [5.74, 6) is -0.0525. The van der Waals surface area contributed by atoms with Crippen molar-refractivity contribution < 1.29 is 14.4 Å². The van der Waals surface area contributed by atoms with Gasteiger partial charge in [0.05, 0.1) is 0 Å². The van der Waals surface area contributed by atoms with Crippen molar-refractivity contribution in [1.82, 2.24) is 10.2 Å². The lowest BCUT2D eigenvalue weighted by Crippen LogP contribution is -2.49. The van der Waals surface area contributed by atoms with Gasteiger partial charge in [-0.05, 0) is 68.7 Å². The molecule has 3 aliphatic rings. The summed E-state index contributed by atoms with van der Waals surface area (Å²) in [5, 5.41) is 5.68. The summed E-state index contributed by atoms with van der Waals surface area (Å²) < 4.78 is 0. The van der Waals surface area contributed by atoms with Crippen molar-refractivity contribution in [2.75, 3.05) is 29.9 Å². The molecular formula is C23H32N4O3. The number of carbonyl (C=O) groups excluding carboxylic acids is 3. The summed E-state index contributed by atoms with van der Waals surface area (Å²) in [6, 6.07) is 7.35. The zero-order chi connectivity index (χ0) is 21.1. The van der Waals surface area contributed by atoms with Gasteiger partial charge in [0, 0.05) is 24.5 Å². The minimum atomic E-state index is -0.807. The maximum absolute atomic E-state index is 12.9. The number of nitrogens with zero attached hydrogens (tertiary/aromatic N) is 2. The predicted molar refractivity (Wildman–Crippen MR) is 116 cm³/mol. The molecule has 7 heteroatoms. The standard InChI is InChI=1S/C23H32N4O3/c1-17-10-12-23(13-11-17)21(29)27(22(30)25-23)16-20(28)24-18-6-8-19(9-7-18)26-14-4-2-3-5-15-26/h6-9,17H,2-5,10-16H2,1H3,(H,24,28)(H,25,30). The summed E-state index contributed by atoms with van der Waals surface area (Å²) in [5.41, 5.74) is 1.03. The van der Waals surface area contributed by atoms with Crippen molar-refractivity contribution in [3.05, 3.63) is 24.3 Å². The highest BCUT2D eigenvalue weighted by Gasteiger charge is 2.52. The van der Waals surface area contributed by atoms with Gasteiger partial charge in [-0.25, -0.2) is 4.79 Å². The molecule has 0 unspecified atom stereocenters. The van der Waals surface area contributed by atoms with Crippen LogP contribution in [-0.4, -0.2) is 47.9 Å². The monoisotopic (exact) mass is 412 g/mol. The van der Waals surface area contributed by atoms with Gasteiger partial charge in [0.15, 0.2) is 0 Å². The molecule has 0 bridgehead atoms. The van der Waals surface area contributed by atoms with E-state index in [-0.39, 0.29) is 18.4 Å². The molecule has 1 aliphatic carbocycles. The van der Waals surface area contributed by atoms with E-state index in [1.165, 1.54) is 25.7 Å². The molecule has 4 amide bonds. The molecule has 1 aromatic rings. The Bertz CT molecular complexity index is 791. The topological polar surface area (TPSA) is 81.8 Å². The molecule has 2 saturated heterocycles. The molecule has 7 nitrogen and oxygen atoms in total. The molecule has 0 atom stereocenters. The molecule has 30 heavy (non-hydrogen) atoms. The number of rotatable bonds is 4. The van der Waals surface area contributed by atoms with Crippen LogP contribution in [-0.2, 0) is 9.59 Å². The minimum Gasteiger partial charge on any atom is -0.372 e. The number of imide groups is 1. The molecule has 3 fully saturated rings. The van der Waals surface area contributed by atoms with Gasteiger partial charge in [-0.1, -0.05) is 19.8 Å². The van der Waals surface area contributed by atoms with E-state index in [1.54, 1.807) is 0 Å². The quantitative estimate of drug-likeness (QED) is 0.742. The molecule has 1 saturated carbocycles. The van der Waals surface area contributed by atoms with Gasteiger partial charge in [-0.2, -0.15) is 0 Å². The molecule has 4 rings (SSSR count). The Balaban J connectivity index is 1.34. The average Bonchev–Trinajstić information content (AvgIpc) is 2.93. The Morgan fingerprint density at radius 1 is 1.07 bits per heavy atom. The first-order valence-electron chi connectivity index (χ1n) is 11.3. The lowest BCUT2D eigenvalue weighted by atomic mass is 9.77. The van der Waals surface area contributed by atoms with E-state index < -0.39 is 11.6 Å².